The third-order valence-corrected chi connectivity index (χ3v) is 7.54. The Morgan fingerprint density at radius 2 is 1.80 bits per heavy atom. The fourth-order valence-electron chi connectivity index (χ4n) is 3.32. The number of thiocarbonyl (C=S) groups is 1. The molecule has 4 rings (SSSR count). The maximum Gasteiger partial charge on any atom is 0.270 e. The van der Waals surface area contributed by atoms with E-state index < -0.39 is 0 Å². The first-order valence-electron chi connectivity index (χ1n) is 10.2. The molecule has 0 unspecified atom stereocenters. The Balaban J connectivity index is 1.57. The van der Waals surface area contributed by atoms with Gasteiger partial charge < -0.3 is 14.2 Å². The van der Waals surface area contributed by atoms with Crippen LogP contribution in [0, 0.1) is 0 Å². The van der Waals surface area contributed by atoms with Crippen molar-refractivity contribution in [2.45, 2.75) is 6.61 Å². The molecule has 0 aliphatic carbocycles. The minimum atomic E-state index is -0.196. The molecule has 1 aliphatic heterocycles. The van der Waals surface area contributed by atoms with Crippen LogP contribution < -0.4 is 19.1 Å². The zero-order chi connectivity index (χ0) is 25.1. The van der Waals surface area contributed by atoms with Gasteiger partial charge in [-0.3, -0.25) is 9.69 Å². The maximum absolute atomic E-state index is 13.1. The van der Waals surface area contributed by atoms with Crippen molar-refractivity contribution in [3.63, 3.8) is 0 Å². The lowest BCUT2D eigenvalue weighted by molar-refractivity contribution is -0.113. The van der Waals surface area contributed by atoms with Crippen LogP contribution in [0.2, 0.25) is 10.0 Å². The van der Waals surface area contributed by atoms with E-state index in [2.05, 4.69) is 15.9 Å². The lowest BCUT2D eigenvalue weighted by Gasteiger charge is -2.15. The smallest absolute Gasteiger partial charge is 0.270 e. The Kier molecular flexibility index (Phi) is 8.29. The summed E-state index contributed by atoms with van der Waals surface area (Å²) in [5.41, 5.74) is 2.22. The van der Waals surface area contributed by atoms with Crippen molar-refractivity contribution >= 4 is 85.1 Å². The molecule has 1 saturated heterocycles. The van der Waals surface area contributed by atoms with Gasteiger partial charge in [0.2, 0.25) is 0 Å². The van der Waals surface area contributed by atoms with Crippen LogP contribution in [0.5, 0.6) is 17.2 Å². The fraction of sp³-hybridized carbons (Fsp3) is 0.120. The first-order chi connectivity index (χ1) is 16.8. The topological polar surface area (TPSA) is 48.0 Å². The largest absolute Gasteiger partial charge is 0.497 e. The number of nitrogens with zero attached hydrogens (tertiary/aromatic N) is 1. The molecule has 3 aromatic carbocycles. The summed E-state index contributed by atoms with van der Waals surface area (Å²) in [6, 6.07) is 16.0. The highest BCUT2D eigenvalue weighted by Crippen LogP contribution is 2.41. The quantitative estimate of drug-likeness (QED) is 0.201. The van der Waals surface area contributed by atoms with Crippen LogP contribution in [0.3, 0.4) is 0 Å². The van der Waals surface area contributed by atoms with Crippen molar-refractivity contribution in [3.05, 3.63) is 85.1 Å². The molecule has 0 radical (unpaired) electrons. The van der Waals surface area contributed by atoms with Crippen LogP contribution in [-0.2, 0) is 11.4 Å². The molecule has 0 spiro atoms. The van der Waals surface area contributed by atoms with Crippen molar-refractivity contribution in [1.82, 2.24) is 0 Å². The number of carbonyl (C=O) groups is 1. The van der Waals surface area contributed by atoms with Crippen LogP contribution in [0.1, 0.15) is 11.1 Å². The highest BCUT2D eigenvalue weighted by molar-refractivity contribution is 9.10. The van der Waals surface area contributed by atoms with Crippen LogP contribution in [0.4, 0.5) is 5.69 Å². The Labute approximate surface area is 231 Å². The first kappa shape index (κ1) is 25.9. The lowest BCUT2D eigenvalue weighted by atomic mass is 10.1. The van der Waals surface area contributed by atoms with Crippen LogP contribution >= 0.6 is 63.1 Å². The number of carbonyl (C=O) groups excluding carboxylic acids is 1. The number of ether oxygens (including phenoxy) is 3. The van der Waals surface area contributed by atoms with E-state index in [0.717, 1.165) is 11.1 Å². The number of methoxy groups -OCH3 is 2. The van der Waals surface area contributed by atoms with Gasteiger partial charge in [-0.05, 0) is 76.1 Å². The highest BCUT2D eigenvalue weighted by Gasteiger charge is 2.33. The average molecular weight is 611 g/mol. The molecule has 0 N–H and O–H groups in total. The zero-order valence-corrected chi connectivity index (χ0v) is 23.2. The van der Waals surface area contributed by atoms with E-state index in [1.165, 1.54) is 16.7 Å². The average Bonchev–Trinajstić information content (AvgIpc) is 3.11. The molecule has 0 saturated carbocycles. The molecule has 10 heteroatoms. The van der Waals surface area contributed by atoms with Crippen molar-refractivity contribution in [2.24, 2.45) is 0 Å². The Morgan fingerprint density at radius 3 is 2.46 bits per heavy atom. The summed E-state index contributed by atoms with van der Waals surface area (Å²) in [6.45, 7) is 0.227. The maximum atomic E-state index is 13.1. The third kappa shape index (κ3) is 5.78. The number of anilines is 1. The number of benzene rings is 3. The van der Waals surface area contributed by atoms with Gasteiger partial charge in [-0.25, -0.2) is 0 Å². The molecule has 5 nitrogen and oxygen atoms in total. The van der Waals surface area contributed by atoms with Gasteiger partial charge in [-0.1, -0.05) is 53.2 Å². The number of thioether (sulfide) groups is 1. The summed E-state index contributed by atoms with van der Waals surface area (Å²) in [5.74, 6) is 1.52. The van der Waals surface area contributed by atoms with E-state index in [1.54, 1.807) is 62.8 Å². The molecule has 3 aromatic rings. The first-order valence-corrected chi connectivity index (χ1v) is 12.9. The van der Waals surface area contributed by atoms with Gasteiger partial charge in [0, 0.05) is 15.6 Å². The minimum absolute atomic E-state index is 0.196. The SMILES string of the molecule is COc1ccc(N2C(=O)/C(=C\c3cc(Br)c(OCc4ccc(Cl)cc4Cl)c(OC)c3)SC2=S)cc1. The Bertz CT molecular complexity index is 1330. The number of halogens is 3. The fourth-order valence-corrected chi connectivity index (χ4v) is 5.66. The van der Waals surface area contributed by atoms with Crippen molar-refractivity contribution in [3.8, 4) is 17.2 Å². The Hall–Kier alpha value is -2.23. The molecule has 0 bridgehead atoms. The van der Waals surface area contributed by atoms with Crippen LogP contribution in [0.15, 0.2) is 64.0 Å². The molecule has 35 heavy (non-hydrogen) atoms. The summed E-state index contributed by atoms with van der Waals surface area (Å²) in [6.07, 6.45) is 1.77. The van der Waals surface area contributed by atoms with Gasteiger partial charge in [-0.2, -0.15) is 0 Å². The number of hydrogen-bond donors (Lipinski definition) is 0. The van der Waals surface area contributed by atoms with E-state index >= 15 is 0 Å². The summed E-state index contributed by atoms with van der Waals surface area (Å²) in [7, 11) is 3.14. The van der Waals surface area contributed by atoms with E-state index in [-0.39, 0.29) is 12.5 Å². The molecule has 0 aromatic heterocycles. The zero-order valence-electron chi connectivity index (χ0n) is 18.5. The van der Waals surface area contributed by atoms with E-state index in [1.807, 2.05) is 12.1 Å². The van der Waals surface area contributed by atoms with Crippen LogP contribution in [0.25, 0.3) is 6.08 Å². The van der Waals surface area contributed by atoms with E-state index in [4.69, 9.17) is 49.6 Å². The molecule has 180 valence electrons. The molecular formula is C25H18BrCl2NO4S2. The predicted octanol–water partition coefficient (Wildman–Crippen LogP) is 7.76. The second kappa shape index (κ2) is 11.2. The number of rotatable bonds is 7. The lowest BCUT2D eigenvalue weighted by Crippen LogP contribution is -2.27. The van der Waals surface area contributed by atoms with Crippen molar-refractivity contribution in [1.29, 1.82) is 0 Å². The van der Waals surface area contributed by atoms with Crippen LogP contribution in [-0.4, -0.2) is 24.4 Å². The minimum Gasteiger partial charge on any atom is -0.497 e. The molecular weight excluding hydrogens is 593 g/mol. The summed E-state index contributed by atoms with van der Waals surface area (Å²) < 4.78 is 17.9. The van der Waals surface area contributed by atoms with Gasteiger partial charge in [0.1, 0.15) is 12.4 Å². The predicted molar refractivity (Wildman–Crippen MR) is 150 cm³/mol. The molecule has 1 amide bonds. The van der Waals surface area contributed by atoms with Gasteiger partial charge in [-0.15, -0.1) is 0 Å². The van der Waals surface area contributed by atoms with E-state index in [0.29, 0.717) is 46.7 Å². The summed E-state index contributed by atoms with van der Waals surface area (Å²) in [4.78, 5) is 15.1. The number of hydrogen-bond acceptors (Lipinski definition) is 6. The van der Waals surface area contributed by atoms with Gasteiger partial charge in [0.25, 0.3) is 5.91 Å². The van der Waals surface area contributed by atoms with Gasteiger partial charge in [0.05, 0.1) is 29.3 Å². The van der Waals surface area contributed by atoms with Crippen molar-refractivity contribution < 1.29 is 19.0 Å². The summed E-state index contributed by atoms with van der Waals surface area (Å²) >= 11 is 22.5. The summed E-state index contributed by atoms with van der Waals surface area (Å²) in [5, 5.41) is 1.07. The molecule has 0 atom stereocenters. The van der Waals surface area contributed by atoms with E-state index in [9.17, 15) is 4.79 Å². The molecule has 1 heterocycles. The van der Waals surface area contributed by atoms with Gasteiger partial charge >= 0.3 is 0 Å². The normalized spacial score (nSPS) is 14.5. The third-order valence-electron chi connectivity index (χ3n) is 5.06. The van der Waals surface area contributed by atoms with Crippen molar-refractivity contribution in [2.75, 3.05) is 19.1 Å². The Morgan fingerprint density at radius 1 is 1.06 bits per heavy atom. The molecule has 1 aliphatic rings. The monoisotopic (exact) mass is 609 g/mol. The van der Waals surface area contributed by atoms with Gasteiger partial charge in [0.15, 0.2) is 15.8 Å². The number of amides is 1. The molecule has 1 fully saturated rings. The highest BCUT2D eigenvalue weighted by atomic mass is 79.9. The standard InChI is InChI=1S/C25H18BrCl2NO4S2/c1-31-18-7-5-17(6-8-18)29-24(30)22(35-25(29)34)11-14-9-19(26)23(21(10-14)32-2)33-13-15-3-4-16(27)12-20(15)28/h3-12H,13H2,1-2H3/b22-11+. The second-order valence-corrected chi connectivity index (χ2v) is 10.6. The second-order valence-electron chi connectivity index (χ2n) is 7.27.